The van der Waals surface area contributed by atoms with Crippen molar-refractivity contribution in [2.24, 2.45) is 0 Å². The zero-order valence-corrected chi connectivity index (χ0v) is 16.4. The van der Waals surface area contributed by atoms with Crippen LogP contribution in [0.1, 0.15) is 5.56 Å². The molecule has 0 spiro atoms. The Balaban J connectivity index is 1.39. The molecule has 0 aliphatic carbocycles. The van der Waals surface area contributed by atoms with Gasteiger partial charge in [-0.1, -0.05) is 76.9 Å². The van der Waals surface area contributed by atoms with Gasteiger partial charge in [0.15, 0.2) is 4.34 Å². The Labute approximate surface area is 166 Å². The predicted molar refractivity (Wildman–Crippen MR) is 111 cm³/mol. The molecule has 0 aliphatic heterocycles. The van der Waals surface area contributed by atoms with E-state index in [1.165, 1.54) is 21.5 Å². The van der Waals surface area contributed by atoms with Gasteiger partial charge in [0, 0.05) is 5.75 Å². The summed E-state index contributed by atoms with van der Waals surface area (Å²) in [5.74, 6) is 0.496. The van der Waals surface area contributed by atoms with Crippen molar-refractivity contribution in [3.05, 3.63) is 69.8 Å². The molecule has 4 aromatic rings. The molecule has 2 heterocycles. The first-order chi connectivity index (χ1) is 13.2. The molecule has 0 atom stereocenters. The highest BCUT2D eigenvalue weighted by molar-refractivity contribution is 8.00. The van der Waals surface area contributed by atoms with Gasteiger partial charge in [-0.2, -0.15) is 0 Å². The standard InChI is InChI=1S/C18H14N4O2S3/c23-15(10-22-13-8-4-5-9-14(13)26-18(22)24)19-16-20-21-17(27-16)25-11-12-6-2-1-3-7-12/h1-9H,10-11H2,(H,19,20,23). The van der Waals surface area contributed by atoms with Crippen LogP contribution >= 0.6 is 34.4 Å². The number of thioether (sulfide) groups is 1. The van der Waals surface area contributed by atoms with Crippen LogP contribution in [0, 0.1) is 0 Å². The number of aromatic nitrogens is 3. The number of rotatable bonds is 6. The molecule has 1 amide bonds. The zero-order valence-electron chi connectivity index (χ0n) is 14.0. The molecule has 0 saturated heterocycles. The van der Waals surface area contributed by atoms with Crippen molar-refractivity contribution >= 4 is 55.7 Å². The van der Waals surface area contributed by atoms with Crippen molar-refractivity contribution in [3.8, 4) is 0 Å². The Kier molecular flexibility index (Phi) is 5.33. The number of fused-ring (bicyclic) bond motifs is 1. The second kappa shape index (κ2) is 8.03. The number of carbonyl (C=O) groups is 1. The molecule has 27 heavy (non-hydrogen) atoms. The molecule has 6 nitrogen and oxygen atoms in total. The topological polar surface area (TPSA) is 76.9 Å². The first-order valence-electron chi connectivity index (χ1n) is 8.07. The van der Waals surface area contributed by atoms with Crippen LogP contribution in [-0.4, -0.2) is 20.7 Å². The lowest BCUT2D eigenvalue weighted by molar-refractivity contribution is -0.116. The average Bonchev–Trinajstić information content (AvgIpc) is 3.25. The fourth-order valence-electron chi connectivity index (χ4n) is 2.50. The van der Waals surface area contributed by atoms with E-state index in [1.54, 1.807) is 11.8 Å². The van der Waals surface area contributed by atoms with Crippen molar-refractivity contribution in [1.29, 1.82) is 0 Å². The summed E-state index contributed by atoms with van der Waals surface area (Å²) in [6.07, 6.45) is 0. The Morgan fingerprint density at radius 2 is 1.81 bits per heavy atom. The number of benzene rings is 2. The minimum atomic E-state index is -0.295. The highest BCUT2D eigenvalue weighted by Crippen LogP contribution is 2.28. The second-order valence-corrected chi connectivity index (χ2v) is 8.81. The fourth-order valence-corrected chi connectivity index (χ4v) is 5.12. The van der Waals surface area contributed by atoms with Crippen molar-refractivity contribution in [2.45, 2.75) is 16.6 Å². The van der Waals surface area contributed by atoms with Gasteiger partial charge in [0.05, 0.1) is 10.2 Å². The van der Waals surface area contributed by atoms with E-state index in [0.717, 1.165) is 31.6 Å². The van der Waals surface area contributed by atoms with Crippen LogP contribution in [0.3, 0.4) is 0 Å². The smallest absolute Gasteiger partial charge is 0.299 e. The van der Waals surface area contributed by atoms with E-state index < -0.39 is 0 Å². The number of para-hydroxylation sites is 1. The third kappa shape index (κ3) is 4.26. The van der Waals surface area contributed by atoms with Gasteiger partial charge in [-0.05, 0) is 17.7 Å². The number of hydrogen-bond acceptors (Lipinski definition) is 7. The van der Waals surface area contributed by atoms with Crippen LogP contribution in [0.5, 0.6) is 0 Å². The quantitative estimate of drug-likeness (QED) is 0.383. The fraction of sp³-hybridized carbons (Fsp3) is 0.111. The van der Waals surface area contributed by atoms with Gasteiger partial charge in [-0.3, -0.25) is 19.5 Å². The molecule has 2 aromatic heterocycles. The van der Waals surface area contributed by atoms with Gasteiger partial charge < -0.3 is 0 Å². The number of amides is 1. The van der Waals surface area contributed by atoms with Crippen molar-refractivity contribution in [1.82, 2.24) is 14.8 Å². The normalized spacial score (nSPS) is 11.0. The van der Waals surface area contributed by atoms with Gasteiger partial charge in [-0.25, -0.2) is 0 Å². The molecule has 0 fully saturated rings. The van der Waals surface area contributed by atoms with E-state index in [1.807, 2.05) is 42.5 Å². The van der Waals surface area contributed by atoms with Crippen LogP contribution in [0.15, 0.2) is 63.7 Å². The molecule has 0 radical (unpaired) electrons. The van der Waals surface area contributed by atoms with Crippen LogP contribution in [0.4, 0.5) is 5.13 Å². The second-order valence-electron chi connectivity index (χ2n) is 5.62. The molecule has 0 aliphatic rings. The third-order valence-electron chi connectivity index (χ3n) is 3.73. The molecule has 4 rings (SSSR count). The number of thiazole rings is 1. The number of nitrogens with one attached hydrogen (secondary N) is 1. The van der Waals surface area contributed by atoms with Gasteiger partial charge in [0.2, 0.25) is 11.0 Å². The summed E-state index contributed by atoms with van der Waals surface area (Å²) in [5.41, 5.74) is 1.96. The van der Waals surface area contributed by atoms with Gasteiger partial charge in [0.25, 0.3) is 0 Å². The molecule has 1 N–H and O–H groups in total. The van der Waals surface area contributed by atoms with E-state index >= 15 is 0 Å². The van der Waals surface area contributed by atoms with E-state index in [2.05, 4.69) is 27.6 Å². The number of nitrogens with zero attached hydrogens (tertiary/aromatic N) is 3. The molecule has 0 bridgehead atoms. The molecular weight excluding hydrogens is 400 g/mol. The minimum absolute atomic E-state index is 0.0467. The lowest BCUT2D eigenvalue weighted by Gasteiger charge is -2.03. The maximum absolute atomic E-state index is 12.3. The van der Waals surface area contributed by atoms with Crippen LogP contribution < -0.4 is 10.2 Å². The van der Waals surface area contributed by atoms with Crippen molar-refractivity contribution in [3.63, 3.8) is 0 Å². The maximum atomic E-state index is 12.3. The molecule has 9 heteroatoms. The van der Waals surface area contributed by atoms with Gasteiger partial charge >= 0.3 is 4.87 Å². The first kappa shape index (κ1) is 17.9. The monoisotopic (exact) mass is 414 g/mol. The van der Waals surface area contributed by atoms with E-state index in [-0.39, 0.29) is 17.3 Å². The summed E-state index contributed by atoms with van der Waals surface area (Å²) in [6, 6.07) is 17.5. The highest BCUT2D eigenvalue weighted by Gasteiger charge is 2.13. The van der Waals surface area contributed by atoms with Crippen molar-refractivity contribution in [2.75, 3.05) is 5.32 Å². The molecule has 0 saturated carbocycles. The van der Waals surface area contributed by atoms with E-state index in [0.29, 0.717) is 5.13 Å². The molecule has 136 valence electrons. The zero-order chi connectivity index (χ0) is 18.6. The van der Waals surface area contributed by atoms with Crippen molar-refractivity contribution < 1.29 is 4.79 Å². The number of carbonyl (C=O) groups excluding carboxylic acids is 1. The van der Waals surface area contributed by atoms with Crippen LogP contribution in [-0.2, 0) is 17.1 Å². The lowest BCUT2D eigenvalue weighted by Crippen LogP contribution is -2.24. The summed E-state index contributed by atoms with van der Waals surface area (Å²) in [5, 5.41) is 11.3. The number of hydrogen-bond donors (Lipinski definition) is 1. The summed E-state index contributed by atoms with van der Waals surface area (Å²) in [6.45, 7) is -0.0467. The number of anilines is 1. The Hall–Kier alpha value is -2.49. The lowest BCUT2D eigenvalue weighted by atomic mass is 10.2. The minimum Gasteiger partial charge on any atom is -0.299 e. The molecule has 2 aromatic carbocycles. The summed E-state index contributed by atoms with van der Waals surface area (Å²) in [4.78, 5) is 24.3. The third-order valence-corrected chi connectivity index (χ3v) is 6.74. The maximum Gasteiger partial charge on any atom is 0.308 e. The average molecular weight is 415 g/mol. The van der Waals surface area contributed by atoms with Crippen LogP contribution in [0.25, 0.3) is 10.2 Å². The largest absolute Gasteiger partial charge is 0.308 e. The molecule has 0 unspecified atom stereocenters. The Bertz CT molecular complexity index is 1130. The Morgan fingerprint density at radius 1 is 1.04 bits per heavy atom. The summed E-state index contributed by atoms with van der Waals surface area (Å²) in [7, 11) is 0. The summed E-state index contributed by atoms with van der Waals surface area (Å²) < 4.78 is 3.12. The molecular formula is C18H14N4O2S3. The van der Waals surface area contributed by atoms with Gasteiger partial charge in [0.1, 0.15) is 6.54 Å². The van der Waals surface area contributed by atoms with Crippen LogP contribution in [0.2, 0.25) is 0 Å². The summed E-state index contributed by atoms with van der Waals surface area (Å²) >= 11 is 4.03. The van der Waals surface area contributed by atoms with E-state index in [4.69, 9.17) is 0 Å². The first-order valence-corrected chi connectivity index (χ1v) is 10.7. The highest BCUT2D eigenvalue weighted by atomic mass is 32.2. The predicted octanol–water partition coefficient (Wildman–Crippen LogP) is 3.85. The Morgan fingerprint density at radius 3 is 2.67 bits per heavy atom. The SMILES string of the molecule is O=C(Cn1c(=O)sc2ccccc21)Nc1nnc(SCc2ccccc2)s1. The van der Waals surface area contributed by atoms with E-state index in [9.17, 15) is 9.59 Å². The van der Waals surface area contributed by atoms with Gasteiger partial charge in [-0.15, -0.1) is 10.2 Å².